The van der Waals surface area contributed by atoms with Crippen molar-refractivity contribution < 1.29 is 4.39 Å². The SMILES string of the molecule is Cc1ccc(-n2ccc3ncc4c(=O)n(-c5ccc(F)c(Cl)c5)ccc4c3c2=O)cc1C. The Hall–Kier alpha value is -3.77. The summed E-state index contributed by atoms with van der Waals surface area (Å²) in [4.78, 5) is 31.0. The molecule has 0 unspecified atom stereocenters. The van der Waals surface area contributed by atoms with Crippen LogP contribution in [0.2, 0.25) is 5.02 Å². The second kappa shape index (κ2) is 7.43. The summed E-state index contributed by atoms with van der Waals surface area (Å²) in [6, 6.07) is 13.3. The molecule has 5 nitrogen and oxygen atoms in total. The molecule has 0 amide bonds. The predicted molar refractivity (Wildman–Crippen MR) is 125 cm³/mol. The molecule has 0 fully saturated rings. The summed E-state index contributed by atoms with van der Waals surface area (Å²) in [5.41, 5.74) is 3.24. The number of hydrogen-bond acceptors (Lipinski definition) is 3. The van der Waals surface area contributed by atoms with Crippen LogP contribution in [0.4, 0.5) is 4.39 Å². The Bertz CT molecular complexity index is 1670. The Kier molecular flexibility index (Phi) is 4.68. The largest absolute Gasteiger partial charge is 0.284 e. The number of aryl methyl sites for hydroxylation is 2. The lowest BCUT2D eigenvalue weighted by molar-refractivity contribution is 0.627. The third-order valence-electron chi connectivity index (χ3n) is 5.75. The molecule has 0 radical (unpaired) electrons. The molecule has 0 spiro atoms. The van der Waals surface area contributed by atoms with Gasteiger partial charge in [0.1, 0.15) is 5.82 Å². The third kappa shape index (κ3) is 3.11. The van der Waals surface area contributed by atoms with E-state index in [0.29, 0.717) is 22.0 Å². The molecule has 7 heteroatoms. The number of pyridine rings is 3. The summed E-state index contributed by atoms with van der Waals surface area (Å²) in [6.07, 6.45) is 4.71. The number of fused-ring (bicyclic) bond motifs is 3. The van der Waals surface area contributed by atoms with Gasteiger partial charge in [-0.2, -0.15) is 0 Å². The first-order valence-electron chi connectivity index (χ1n) is 9.94. The highest BCUT2D eigenvalue weighted by atomic mass is 35.5. The quantitative estimate of drug-likeness (QED) is 0.355. The molecular weight excluding hydrogens is 429 g/mol. The topological polar surface area (TPSA) is 56.9 Å². The standard InChI is InChI=1S/C25H17ClFN3O2/c1-14-3-4-16(11-15(14)2)30-10-8-22-23(25(30)32)18-7-9-29(24(31)19(18)13-28-22)17-5-6-21(27)20(26)12-17/h3-13H,1-2H3. The summed E-state index contributed by atoms with van der Waals surface area (Å²) in [5, 5.41) is 1.08. The van der Waals surface area contributed by atoms with Gasteiger partial charge < -0.3 is 0 Å². The first kappa shape index (κ1) is 20.2. The lowest BCUT2D eigenvalue weighted by Gasteiger charge is -2.12. The zero-order valence-corrected chi connectivity index (χ0v) is 18.0. The highest BCUT2D eigenvalue weighted by molar-refractivity contribution is 6.30. The Balaban J connectivity index is 1.78. The number of aromatic nitrogens is 3. The van der Waals surface area contributed by atoms with E-state index < -0.39 is 5.82 Å². The van der Waals surface area contributed by atoms with Crippen LogP contribution in [0.3, 0.4) is 0 Å². The number of rotatable bonds is 2. The Morgan fingerprint density at radius 2 is 1.50 bits per heavy atom. The fourth-order valence-electron chi connectivity index (χ4n) is 3.83. The zero-order valence-electron chi connectivity index (χ0n) is 17.3. The smallest absolute Gasteiger partial charge is 0.265 e. The van der Waals surface area contributed by atoms with E-state index >= 15 is 0 Å². The number of nitrogens with zero attached hydrogens (tertiary/aromatic N) is 3. The van der Waals surface area contributed by atoms with Crippen LogP contribution in [-0.4, -0.2) is 14.1 Å². The molecule has 5 aromatic rings. The molecule has 5 rings (SSSR count). The fourth-order valence-corrected chi connectivity index (χ4v) is 4.01. The molecule has 158 valence electrons. The van der Waals surface area contributed by atoms with Crippen LogP contribution in [0.5, 0.6) is 0 Å². The van der Waals surface area contributed by atoms with E-state index in [9.17, 15) is 14.0 Å². The van der Waals surface area contributed by atoms with Gasteiger partial charge >= 0.3 is 0 Å². The zero-order chi connectivity index (χ0) is 22.6. The van der Waals surface area contributed by atoms with Crippen LogP contribution < -0.4 is 11.1 Å². The van der Waals surface area contributed by atoms with E-state index in [0.717, 1.165) is 16.8 Å². The minimum Gasteiger partial charge on any atom is -0.284 e. The van der Waals surface area contributed by atoms with E-state index in [2.05, 4.69) is 4.98 Å². The highest BCUT2D eigenvalue weighted by Crippen LogP contribution is 2.22. The van der Waals surface area contributed by atoms with Gasteiger partial charge in [0, 0.05) is 29.7 Å². The average Bonchev–Trinajstić information content (AvgIpc) is 2.78. The minimum absolute atomic E-state index is 0.0811. The third-order valence-corrected chi connectivity index (χ3v) is 6.04. The second-order valence-electron chi connectivity index (χ2n) is 7.69. The molecule has 0 bridgehead atoms. The fraction of sp³-hybridized carbons (Fsp3) is 0.0800. The Labute approximate surface area is 187 Å². The lowest BCUT2D eigenvalue weighted by Crippen LogP contribution is -2.21. The Morgan fingerprint density at radius 1 is 0.812 bits per heavy atom. The molecule has 32 heavy (non-hydrogen) atoms. The summed E-state index contributed by atoms with van der Waals surface area (Å²) in [7, 11) is 0. The van der Waals surface area contributed by atoms with Gasteiger partial charge in [-0.3, -0.25) is 23.7 Å². The van der Waals surface area contributed by atoms with Crippen molar-refractivity contribution in [3.63, 3.8) is 0 Å². The highest BCUT2D eigenvalue weighted by Gasteiger charge is 2.14. The van der Waals surface area contributed by atoms with E-state index in [1.54, 1.807) is 29.1 Å². The first-order valence-corrected chi connectivity index (χ1v) is 10.3. The molecule has 0 aliphatic carbocycles. The van der Waals surface area contributed by atoms with Gasteiger partial charge in [-0.25, -0.2) is 4.39 Å². The van der Waals surface area contributed by atoms with Gasteiger partial charge in [-0.1, -0.05) is 17.7 Å². The molecule has 0 N–H and O–H groups in total. The van der Waals surface area contributed by atoms with Gasteiger partial charge in [0.25, 0.3) is 11.1 Å². The number of hydrogen-bond donors (Lipinski definition) is 0. The van der Waals surface area contributed by atoms with Crippen LogP contribution in [0.25, 0.3) is 33.1 Å². The molecule has 0 saturated carbocycles. The molecule has 0 atom stereocenters. The second-order valence-corrected chi connectivity index (χ2v) is 8.10. The van der Waals surface area contributed by atoms with Gasteiger partial charge in [-0.15, -0.1) is 0 Å². The summed E-state index contributed by atoms with van der Waals surface area (Å²) in [5.74, 6) is -0.566. The van der Waals surface area contributed by atoms with Crippen LogP contribution in [-0.2, 0) is 0 Å². The molecular formula is C25H17ClFN3O2. The van der Waals surface area contributed by atoms with E-state index in [-0.39, 0.29) is 21.5 Å². The average molecular weight is 446 g/mol. The van der Waals surface area contributed by atoms with Gasteiger partial charge in [-0.05, 0) is 67.4 Å². The lowest BCUT2D eigenvalue weighted by atomic mass is 10.1. The molecule has 0 aliphatic rings. The molecule has 3 aromatic heterocycles. The van der Waals surface area contributed by atoms with Crippen molar-refractivity contribution in [2.45, 2.75) is 13.8 Å². The Morgan fingerprint density at radius 3 is 2.25 bits per heavy atom. The van der Waals surface area contributed by atoms with Crippen molar-refractivity contribution in [2.75, 3.05) is 0 Å². The van der Waals surface area contributed by atoms with Crippen molar-refractivity contribution in [1.29, 1.82) is 0 Å². The summed E-state index contributed by atoms with van der Waals surface area (Å²) < 4.78 is 16.5. The van der Waals surface area contributed by atoms with Crippen molar-refractivity contribution in [3.05, 3.63) is 110 Å². The van der Waals surface area contributed by atoms with Crippen molar-refractivity contribution in [3.8, 4) is 11.4 Å². The molecule has 2 aromatic carbocycles. The monoisotopic (exact) mass is 445 g/mol. The number of benzene rings is 2. The van der Waals surface area contributed by atoms with Crippen LogP contribution >= 0.6 is 11.6 Å². The molecule has 0 saturated heterocycles. The number of halogens is 2. The van der Waals surface area contributed by atoms with Gasteiger partial charge in [0.15, 0.2) is 0 Å². The van der Waals surface area contributed by atoms with Crippen molar-refractivity contribution >= 4 is 33.3 Å². The minimum atomic E-state index is -0.566. The summed E-state index contributed by atoms with van der Waals surface area (Å²) in [6.45, 7) is 4.01. The van der Waals surface area contributed by atoms with Crippen LogP contribution in [0, 0.1) is 19.7 Å². The van der Waals surface area contributed by atoms with E-state index in [4.69, 9.17) is 11.6 Å². The maximum Gasteiger partial charge on any atom is 0.265 e. The van der Waals surface area contributed by atoms with E-state index in [1.807, 2.05) is 32.0 Å². The molecule has 3 heterocycles. The van der Waals surface area contributed by atoms with E-state index in [1.165, 1.54) is 29.0 Å². The predicted octanol–water partition coefficient (Wildman–Crippen LogP) is 5.10. The normalized spacial score (nSPS) is 11.4. The maximum absolute atomic E-state index is 13.5. The van der Waals surface area contributed by atoms with Crippen molar-refractivity contribution in [2.24, 2.45) is 0 Å². The van der Waals surface area contributed by atoms with Crippen LogP contribution in [0.1, 0.15) is 11.1 Å². The first-order chi connectivity index (χ1) is 15.3. The maximum atomic E-state index is 13.5. The van der Waals surface area contributed by atoms with Crippen LogP contribution in [0.15, 0.2) is 76.7 Å². The van der Waals surface area contributed by atoms with Gasteiger partial charge in [0.2, 0.25) is 0 Å². The van der Waals surface area contributed by atoms with Crippen molar-refractivity contribution in [1.82, 2.24) is 14.1 Å². The molecule has 0 aliphatic heterocycles. The summed E-state index contributed by atoms with van der Waals surface area (Å²) >= 11 is 5.88. The van der Waals surface area contributed by atoms with Gasteiger partial charge in [0.05, 0.1) is 27.0 Å².